The first-order chi connectivity index (χ1) is 11.8. The van der Waals surface area contributed by atoms with Crippen molar-refractivity contribution in [3.8, 4) is 0 Å². The molecule has 2 heteroatoms. The van der Waals surface area contributed by atoms with E-state index in [1.165, 1.54) is 72.3 Å². The maximum Gasteiger partial charge on any atom is 0.0186 e. The second-order valence-corrected chi connectivity index (χ2v) is 8.64. The maximum absolute atomic E-state index is 2.29. The van der Waals surface area contributed by atoms with Crippen LogP contribution < -0.4 is 0 Å². The first kappa shape index (κ1) is 19.5. The second-order valence-electron chi connectivity index (χ2n) is 6.37. The lowest BCUT2D eigenvalue weighted by atomic mass is 10.1. The van der Waals surface area contributed by atoms with Gasteiger partial charge in [0.2, 0.25) is 0 Å². The van der Waals surface area contributed by atoms with Gasteiger partial charge < -0.3 is 0 Å². The lowest BCUT2D eigenvalue weighted by Gasteiger charge is -2.05. The number of unbranched alkanes of at least 4 members (excludes halogenated alkanes) is 4. The summed E-state index contributed by atoms with van der Waals surface area (Å²) in [6.45, 7) is 4.52. The SMILES string of the molecule is CCCCCc1ccc(SSc2ccc(CCCCC)cc2)cc1. The molecule has 0 aliphatic carbocycles. The number of benzene rings is 2. The van der Waals surface area contributed by atoms with Gasteiger partial charge in [-0.05, 0) is 61.1 Å². The summed E-state index contributed by atoms with van der Waals surface area (Å²) in [5.41, 5.74) is 2.93. The molecule has 0 atom stereocenters. The summed E-state index contributed by atoms with van der Waals surface area (Å²) < 4.78 is 0. The molecule has 0 nitrogen and oxygen atoms in total. The molecule has 0 heterocycles. The van der Waals surface area contributed by atoms with Crippen LogP contribution >= 0.6 is 21.6 Å². The van der Waals surface area contributed by atoms with Gasteiger partial charge in [0.1, 0.15) is 0 Å². The first-order valence-corrected chi connectivity index (χ1v) is 11.5. The summed E-state index contributed by atoms with van der Waals surface area (Å²) in [7, 11) is 3.71. The average Bonchev–Trinajstić information content (AvgIpc) is 2.63. The highest BCUT2D eigenvalue weighted by Crippen LogP contribution is 2.37. The van der Waals surface area contributed by atoms with Crippen LogP contribution in [0.25, 0.3) is 0 Å². The summed E-state index contributed by atoms with van der Waals surface area (Å²) in [6.07, 6.45) is 10.3. The van der Waals surface area contributed by atoms with Gasteiger partial charge in [-0.25, -0.2) is 0 Å². The number of hydrogen-bond donors (Lipinski definition) is 0. The van der Waals surface area contributed by atoms with Gasteiger partial charge in [-0.2, -0.15) is 0 Å². The van der Waals surface area contributed by atoms with E-state index in [4.69, 9.17) is 0 Å². The minimum atomic E-state index is 1.21. The Morgan fingerprint density at radius 2 is 0.917 bits per heavy atom. The Bertz CT molecular complexity index is 504. The Balaban J connectivity index is 1.76. The van der Waals surface area contributed by atoms with Crippen molar-refractivity contribution in [2.24, 2.45) is 0 Å². The van der Waals surface area contributed by atoms with Crippen molar-refractivity contribution in [3.63, 3.8) is 0 Å². The molecule has 0 saturated carbocycles. The van der Waals surface area contributed by atoms with E-state index in [0.29, 0.717) is 0 Å². The Labute approximate surface area is 156 Å². The van der Waals surface area contributed by atoms with E-state index < -0.39 is 0 Å². The van der Waals surface area contributed by atoms with Crippen molar-refractivity contribution in [2.75, 3.05) is 0 Å². The van der Waals surface area contributed by atoms with Gasteiger partial charge in [0.25, 0.3) is 0 Å². The number of hydrogen-bond acceptors (Lipinski definition) is 2. The van der Waals surface area contributed by atoms with Crippen molar-refractivity contribution in [3.05, 3.63) is 59.7 Å². The Morgan fingerprint density at radius 1 is 0.542 bits per heavy atom. The van der Waals surface area contributed by atoms with Crippen LogP contribution in [0.15, 0.2) is 58.3 Å². The van der Waals surface area contributed by atoms with E-state index >= 15 is 0 Å². The van der Waals surface area contributed by atoms with E-state index in [2.05, 4.69) is 62.4 Å². The molecule has 0 bridgehead atoms. The summed E-state index contributed by atoms with van der Waals surface area (Å²) in [4.78, 5) is 2.68. The standard InChI is InChI=1S/C22H30S2/c1-3-5-7-9-19-11-15-21(16-12-19)23-24-22-17-13-20(14-18-22)10-8-6-4-2/h11-18H,3-10H2,1-2H3. The summed E-state index contributed by atoms with van der Waals surface area (Å²) in [5.74, 6) is 0. The Hall–Kier alpha value is -0.860. The molecule has 0 N–H and O–H groups in total. The third-order valence-corrected chi connectivity index (χ3v) is 6.64. The lowest BCUT2D eigenvalue weighted by Crippen LogP contribution is -1.85. The third-order valence-electron chi connectivity index (χ3n) is 4.22. The van der Waals surface area contributed by atoms with Crippen LogP contribution in [0.1, 0.15) is 63.5 Å². The summed E-state index contributed by atoms with van der Waals surface area (Å²) >= 11 is 0. The van der Waals surface area contributed by atoms with Crippen molar-refractivity contribution in [2.45, 2.75) is 75.0 Å². The van der Waals surface area contributed by atoms with Crippen molar-refractivity contribution < 1.29 is 0 Å². The van der Waals surface area contributed by atoms with Crippen LogP contribution in [-0.4, -0.2) is 0 Å². The number of rotatable bonds is 11. The summed E-state index contributed by atoms with van der Waals surface area (Å²) in [6, 6.07) is 18.2. The molecule has 0 unspecified atom stereocenters. The maximum atomic E-state index is 2.29. The van der Waals surface area contributed by atoms with Gasteiger partial charge in [-0.3, -0.25) is 0 Å². The number of aryl methyl sites for hydroxylation is 2. The van der Waals surface area contributed by atoms with E-state index in [1.807, 2.05) is 21.6 Å². The molecule has 130 valence electrons. The molecule has 0 fully saturated rings. The molecule has 2 aromatic carbocycles. The normalized spacial score (nSPS) is 10.9. The van der Waals surface area contributed by atoms with Crippen molar-refractivity contribution >= 4 is 21.6 Å². The van der Waals surface area contributed by atoms with Gasteiger partial charge in [0, 0.05) is 9.79 Å². The molecule has 0 aromatic heterocycles. The predicted octanol–water partition coefficient (Wildman–Crippen LogP) is 7.95. The van der Waals surface area contributed by atoms with E-state index in [1.54, 1.807) is 0 Å². The monoisotopic (exact) mass is 358 g/mol. The predicted molar refractivity (Wildman–Crippen MR) is 111 cm³/mol. The quantitative estimate of drug-likeness (QED) is 0.295. The molecule has 2 aromatic rings. The molecule has 2 rings (SSSR count). The van der Waals surface area contributed by atoms with Crippen LogP contribution in [-0.2, 0) is 12.8 Å². The van der Waals surface area contributed by atoms with Crippen LogP contribution in [0.5, 0.6) is 0 Å². The van der Waals surface area contributed by atoms with Gasteiger partial charge in [0.05, 0.1) is 0 Å². The van der Waals surface area contributed by atoms with Crippen LogP contribution in [0.2, 0.25) is 0 Å². The van der Waals surface area contributed by atoms with Gasteiger partial charge in [0.15, 0.2) is 0 Å². The highest BCUT2D eigenvalue weighted by molar-refractivity contribution is 8.76. The Morgan fingerprint density at radius 3 is 1.25 bits per heavy atom. The zero-order chi connectivity index (χ0) is 17.0. The van der Waals surface area contributed by atoms with Crippen LogP contribution in [0, 0.1) is 0 Å². The fraction of sp³-hybridized carbons (Fsp3) is 0.455. The fourth-order valence-corrected chi connectivity index (χ4v) is 4.61. The first-order valence-electron chi connectivity index (χ1n) is 9.34. The molecule has 0 amide bonds. The molecular formula is C22H30S2. The van der Waals surface area contributed by atoms with E-state index in [0.717, 1.165) is 0 Å². The molecule has 0 saturated heterocycles. The smallest absolute Gasteiger partial charge is 0.0186 e. The molecular weight excluding hydrogens is 328 g/mol. The van der Waals surface area contributed by atoms with Crippen molar-refractivity contribution in [1.29, 1.82) is 0 Å². The van der Waals surface area contributed by atoms with Gasteiger partial charge in [-0.1, -0.05) is 85.4 Å². The van der Waals surface area contributed by atoms with Gasteiger partial charge >= 0.3 is 0 Å². The van der Waals surface area contributed by atoms with E-state index in [-0.39, 0.29) is 0 Å². The fourth-order valence-electron chi connectivity index (χ4n) is 2.68. The third kappa shape index (κ3) is 7.36. The second kappa shape index (κ2) is 11.7. The zero-order valence-electron chi connectivity index (χ0n) is 15.1. The average molecular weight is 359 g/mol. The molecule has 0 spiro atoms. The molecule has 0 aliphatic rings. The van der Waals surface area contributed by atoms with Crippen molar-refractivity contribution in [1.82, 2.24) is 0 Å². The van der Waals surface area contributed by atoms with E-state index in [9.17, 15) is 0 Å². The molecule has 24 heavy (non-hydrogen) atoms. The topological polar surface area (TPSA) is 0 Å². The highest BCUT2D eigenvalue weighted by atomic mass is 33.1. The minimum absolute atomic E-state index is 1.21. The molecule has 0 aliphatic heterocycles. The highest BCUT2D eigenvalue weighted by Gasteiger charge is 2.00. The Kier molecular flexibility index (Phi) is 9.45. The minimum Gasteiger partial charge on any atom is -0.0654 e. The molecule has 0 radical (unpaired) electrons. The zero-order valence-corrected chi connectivity index (χ0v) is 16.7. The summed E-state index contributed by atoms with van der Waals surface area (Å²) in [5, 5.41) is 0. The van der Waals surface area contributed by atoms with Gasteiger partial charge in [-0.15, -0.1) is 0 Å². The lowest BCUT2D eigenvalue weighted by molar-refractivity contribution is 0.717. The van der Waals surface area contributed by atoms with Crippen LogP contribution in [0.4, 0.5) is 0 Å². The largest absolute Gasteiger partial charge is 0.0654 e. The van der Waals surface area contributed by atoms with Crippen LogP contribution in [0.3, 0.4) is 0 Å².